The topological polar surface area (TPSA) is 38.7 Å². The number of hydrogen-bond donors (Lipinski definition) is 0. The number of hydrogen-bond acceptors (Lipinski definition) is 4. The van der Waals surface area contributed by atoms with E-state index in [-0.39, 0.29) is 0 Å². The van der Waals surface area contributed by atoms with E-state index in [0.29, 0.717) is 17.5 Å². The summed E-state index contributed by atoms with van der Waals surface area (Å²) in [5, 5.41) is 1.34. The highest BCUT2D eigenvalue weighted by Crippen LogP contribution is 2.41. The molecule has 0 saturated heterocycles. The minimum atomic E-state index is 0.659. The smallest absolute Gasteiger partial charge is 0.164 e. The van der Waals surface area contributed by atoms with Crippen LogP contribution in [0.3, 0.4) is 0 Å². The van der Waals surface area contributed by atoms with E-state index >= 15 is 0 Å². The van der Waals surface area contributed by atoms with Crippen LogP contribution in [0, 0.1) is 0 Å². The van der Waals surface area contributed by atoms with E-state index in [2.05, 4.69) is 70.5 Å². The highest BCUT2D eigenvalue weighted by atomic mass is 79.9. The standard InChI is InChI=1S/C33H22BrN3S/c34-25-18-16-22(17-19-25)32-35-31(21-8-2-1-3-9-21)36-33(37-32)24-11-6-10-23(20-24)26-13-7-14-28-27-12-4-5-15-29(27)38-30(26)28/h1-4,6-14,16-20H,5,15H2. The van der Waals surface area contributed by atoms with Gasteiger partial charge in [-0.3, -0.25) is 0 Å². The molecule has 0 fully saturated rings. The van der Waals surface area contributed by atoms with Gasteiger partial charge in [0.1, 0.15) is 0 Å². The van der Waals surface area contributed by atoms with Crippen LogP contribution < -0.4 is 0 Å². The van der Waals surface area contributed by atoms with Crippen molar-refractivity contribution < 1.29 is 0 Å². The minimum Gasteiger partial charge on any atom is -0.208 e. The van der Waals surface area contributed by atoms with Gasteiger partial charge in [-0.2, -0.15) is 0 Å². The van der Waals surface area contributed by atoms with Gasteiger partial charge in [0.25, 0.3) is 0 Å². The van der Waals surface area contributed by atoms with Gasteiger partial charge in [0.05, 0.1) is 0 Å². The molecule has 7 rings (SSSR count). The first-order chi connectivity index (χ1) is 18.7. The van der Waals surface area contributed by atoms with Crippen molar-refractivity contribution in [1.82, 2.24) is 15.0 Å². The fourth-order valence-electron chi connectivity index (χ4n) is 4.97. The van der Waals surface area contributed by atoms with Crippen LogP contribution in [0.4, 0.5) is 0 Å². The van der Waals surface area contributed by atoms with Crippen molar-refractivity contribution in [3.05, 3.63) is 118 Å². The molecule has 3 nitrogen and oxygen atoms in total. The van der Waals surface area contributed by atoms with Crippen LogP contribution in [0.2, 0.25) is 0 Å². The summed E-state index contributed by atoms with van der Waals surface area (Å²) in [5.74, 6) is 1.99. The molecular formula is C33H22BrN3S. The lowest BCUT2D eigenvalue weighted by Crippen LogP contribution is -2.00. The van der Waals surface area contributed by atoms with Gasteiger partial charge < -0.3 is 0 Å². The van der Waals surface area contributed by atoms with Crippen molar-refractivity contribution in [2.24, 2.45) is 0 Å². The van der Waals surface area contributed by atoms with Crippen LogP contribution in [-0.4, -0.2) is 15.0 Å². The van der Waals surface area contributed by atoms with Gasteiger partial charge in [0.15, 0.2) is 17.5 Å². The second kappa shape index (κ2) is 9.75. The van der Waals surface area contributed by atoms with Crippen LogP contribution in [0.25, 0.3) is 61.5 Å². The van der Waals surface area contributed by atoms with Gasteiger partial charge in [-0.25, -0.2) is 15.0 Å². The van der Waals surface area contributed by atoms with E-state index in [4.69, 9.17) is 15.0 Å². The molecule has 182 valence electrons. The molecule has 2 aromatic heterocycles. The molecule has 0 saturated carbocycles. The Morgan fingerprint density at radius 1 is 0.632 bits per heavy atom. The number of rotatable bonds is 4. The molecule has 1 aliphatic rings. The van der Waals surface area contributed by atoms with E-state index in [9.17, 15) is 0 Å². The first-order valence-electron chi connectivity index (χ1n) is 12.6. The fourth-order valence-corrected chi connectivity index (χ4v) is 6.58. The normalized spacial score (nSPS) is 12.6. The monoisotopic (exact) mass is 571 g/mol. The molecule has 1 aliphatic carbocycles. The lowest BCUT2D eigenvalue weighted by Gasteiger charge is -2.10. The maximum absolute atomic E-state index is 4.94. The first kappa shape index (κ1) is 23.2. The second-order valence-corrected chi connectivity index (χ2v) is 11.3. The average Bonchev–Trinajstić information content (AvgIpc) is 3.37. The molecule has 0 spiro atoms. The molecule has 2 heterocycles. The third-order valence-electron chi connectivity index (χ3n) is 6.86. The summed E-state index contributed by atoms with van der Waals surface area (Å²) >= 11 is 5.46. The third kappa shape index (κ3) is 4.28. The Hall–Kier alpha value is -3.93. The molecule has 0 bridgehead atoms. The zero-order valence-corrected chi connectivity index (χ0v) is 22.8. The Bertz CT molecular complexity index is 1820. The molecule has 5 heteroatoms. The molecular weight excluding hydrogens is 550 g/mol. The van der Waals surface area contributed by atoms with Gasteiger partial charge >= 0.3 is 0 Å². The number of nitrogens with zero attached hydrogens (tertiary/aromatic N) is 3. The van der Waals surface area contributed by atoms with Gasteiger partial charge in [-0.05, 0) is 47.7 Å². The third-order valence-corrected chi connectivity index (χ3v) is 8.70. The van der Waals surface area contributed by atoms with Crippen molar-refractivity contribution in [3.8, 4) is 45.3 Å². The van der Waals surface area contributed by atoms with E-state index in [1.165, 1.54) is 31.7 Å². The fraction of sp³-hybridized carbons (Fsp3) is 0.0606. The van der Waals surface area contributed by atoms with Crippen molar-refractivity contribution in [3.63, 3.8) is 0 Å². The van der Waals surface area contributed by atoms with Gasteiger partial charge in [-0.15, -0.1) is 11.3 Å². The Morgan fingerprint density at radius 3 is 2.08 bits per heavy atom. The van der Waals surface area contributed by atoms with E-state index in [0.717, 1.165) is 34.0 Å². The van der Waals surface area contributed by atoms with Gasteiger partial charge in [-0.1, -0.05) is 107 Å². The number of benzene rings is 4. The molecule has 6 aromatic rings. The molecule has 0 atom stereocenters. The largest absolute Gasteiger partial charge is 0.208 e. The van der Waals surface area contributed by atoms with Crippen LogP contribution in [-0.2, 0) is 6.42 Å². The summed E-state index contributed by atoms with van der Waals surface area (Å²) in [5.41, 5.74) is 6.70. The number of allylic oxidation sites excluding steroid dienone is 1. The van der Waals surface area contributed by atoms with E-state index < -0.39 is 0 Å². The van der Waals surface area contributed by atoms with Crippen LogP contribution >= 0.6 is 27.3 Å². The summed E-state index contributed by atoms with van der Waals surface area (Å²) in [6.45, 7) is 0. The Labute approximate surface area is 233 Å². The van der Waals surface area contributed by atoms with Crippen LogP contribution in [0.5, 0.6) is 0 Å². The van der Waals surface area contributed by atoms with Crippen molar-refractivity contribution in [2.45, 2.75) is 12.8 Å². The quantitative estimate of drug-likeness (QED) is 0.211. The maximum Gasteiger partial charge on any atom is 0.164 e. The predicted octanol–water partition coefficient (Wildman–Crippen LogP) is 9.48. The van der Waals surface area contributed by atoms with Crippen molar-refractivity contribution >= 4 is 43.4 Å². The Morgan fingerprint density at radius 2 is 1.29 bits per heavy atom. The summed E-state index contributed by atoms with van der Waals surface area (Å²) in [4.78, 5) is 16.2. The second-order valence-electron chi connectivity index (χ2n) is 9.32. The first-order valence-corrected chi connectivity index (χ1v) is 14.2. The van der Waals surface area contributed by atoms with Gasteiger partial charge in [0.2, 0.25) is 0 Å². The molecule has 0 radical (unpaired) electrons. The number of aromatic nitrogens is 3. The average molecular weight is 573 g/mol. The Kier molecular flexibility index (Phi) is 5.95. The zero-order valence-electron chi connectivity index (χ0n) is 20.4. The molecule has 0 N–H and O–H groups in total. The minimum absolute atomic E-state index is 0.659. The summed E-state index contributed by atoms with van der Waals surface area (Å²) in [6.07, 6.45) is 6.82. The van der Waals surface area contributed by atoms with Crippen molar-refractivity contribution in [1.29, 1.82) is 0 Å². The van der Waals surface area contributed by atoms with E-state index in [1.54, 1.807) is 0 Å². The highest BCUT2D eigenvalue weighted by molar-refractivity contribution is 9.10. The van der Waals surface area contributed by atoms with Crippen LogP contribution in [0.1, 0.15) is 16.9 Å². The number of halogens is 1. The molecule has 0 amide bonds. The molecule has 4 aromatic carbocycles. The summed E-state index contributed by atoms with van der Waals surface area (Å²) in [6, 6.07) is 33.4. The lowest BCUT2D eigenvalue weighted by molar-refractivity contribution is 1.02. The highest BCUT2D eigenvalue weighted by Gasteiger charge is 2.17. The zero-order chi connectivity index (χ0) is 25.5. The molecule has 0 unspecified atom stereocenters. The van der Waals surface area contributed by atoms with Crippen LogP contribution in [0.15, 0.2) is 108 Å². The number of fused-ring (bicyclic) bond motifs is 3. The van der Waals surface area contributed by atoms with Crippen molar-refractivity contribution in [2.75, 3.05) is 0 Å². The lowest BCUT2D eigenvalue weighted by atomic mass is 9.98. The van der Waals surface area contributed by atoms with E-state index in [1.807, 2.05) is 65.9 Å². The number of thiophene rings is 1. The Balaban J connectivity index is 1.38. The van der Waals surface area contributed by atoms with Gasteiger partial charge in [0, 0.05) is 36.1 Å². The molecule has 0 aliphatic heterocycles. The number of aryl methyl sites for hydroxylation is 1. The predicted molar refractivity (Wildman–Crippen MR) is 162 cm³/mol. The summed E-state index contributed by atoms with van der Waals surface area (Å²) < 4.78 is 2.36. The summed E-state index contributed by atoms with van der Waals surface area (Å²) in [7, 11) is 0. The maximum atomic E-state index is 4.94. The molecule has 38 heavy (non-hydrogen) atoms. The SMILES string of the molecule is Brc1ccc(-c2nc(-c3ccccc3)nc(-c3cccc(-c4cccc5c6c(sc45)CCC=C6)c3)n2)cc1.